The molecule has 2 amide bonds. The first-order valence-electron chi connectivity index (χ1n) is 10.6. The van der Waals surface area contributed by atoms with Crippen molar-refractivity contribution in [2.75, 3.05) is 7.05 Å². The van der Waals surface area contributed by atoms with Crippen LogP contribution in [0.25, 0.3) is 0 Å². The summed E-state index contributed by atoms with van der Waals surface area (Å²) in [4.78, 5) is 31.2. The third-order valence-electron chi connectivity index (χ3n) is 5.80. The van der Waals surface area contributed by atoms with Gasteiger partial charge in [0.15, 0.2) is 0 Å². The van der Waals surface area contributed by atoms with Crippen molar-refractivity contribution in [1.29, 1.82) is 0 Å². The van der Waals surface area contributed by atoms with Crippen molar-refractivity contribution in [3.63, 3.8) is 0 Å². The van der Waals surface area contributed by atoms with Gasteiger partial charge in [-0.05, 0) is 55.5 Å². The zero-order chi connectivity index (χ0) is 21.7. The zero-order valence-electron chi connectivity index (χ0n) is 18.2. The molecule has 7 heteroatoms. The van der Waals surface area contributed by atoms with E-state index in [-0.39, 0.29) is 35.9 Å². The van der Waals surface area contributed by atoms with Gasteiger partial charge >= 0.3 is 0 Å². The van der Waals surface area contributed by atoms with Crippen molar-refractivity contribution in [2.24, 2.45) is 5.92 Å². The van der Waals surface area contributed by atoms with Gasteiger partial charge in [-0.1, -0.05) is 13.8 Å². The van der Waals surface area contributed by atoms with Gasteiger partial charge in [-0.25, -0.2) is 0 Å². The second-order valence-electron chi connectivity index (χ2n) is 8.41. The number of carbonyl (C=O) groups is 2. The molecular formula is C23H32N4O3. The monoisotopic (exact) mass is 412 g/mol. The molecular weight excluding hydrogens is 380 g/mol. The highest BCUT2D eigenvalue weighted by Gasteiger charge is 2.37. The van der Waals surface area contributed by atoms with E-state index >= 15 is 0 Å². The minimum atomic E-state index is -0.518. The minimum Gasteiger partial charge on any atom is -0.364 e. The van der Waals surface area contributed by atoms with Gasteiger partial charge in [0.25, 0.3) is 5.91 Å². The molecule has 0 aromatic carbocycles. The molecule has 0 aliphatic heterocycles. The Hall–Kier alpha value is -2.67. The van der Waals surface area contributed by atoms with Gasteiger partial charge in [0.2, 0.25) is 5.91 Å². The van der Waals surface area contributed by atoms with Gasteiger partial charge in [0.1, 0.15) is 12.1 Å². The van der Waals surface area contributed by atoms with E-state index in [1.807, 2.05) is 62.1 Å². The molecule has 1 saturated carbocycles. The van der Waals surface area contributed by atoms with Crippen molar-refractivity contribution in [3.8, 4) is 0 Å². The van der Waals surface area contributed by atoms with E-state index in [0.717, 1.165) is 18.4 Å². The van der Waals surface area contributed by atoms with Crippen LogP contribution in [0, 0.1) is 5.92 Å². The molecule has 0 saturated heterocycles. The summed E-state index contributed by atoms with van der Waals surface area (Å²) in [5.41, 5.74) is 0.987. The molecule has 2 aromatic heterocycles. The lowest BCUT2D eigenvalue weighted by atomic mass is 9.85. The van der Waals surface area contributed by atoms with Crippen LogP contribution in [0.5, 0.6) is 0 Å². The fourth-order valence-corrected chi connectivity index (χ4v) is 3.86. The molecule has 1 fully saturated rings. The Bertz CT molecular complexity index is 816. The molecule has 2 unspecified atom stereocenters. The first-order chi connectivity index (χ1) is 14.4. The zero-order valence-corrected chi connectivity index (χ0v) is 18.2. The summed E-state index contributed by atoms with van der Waals surface area (Å²) in [5, 5.41) is 3.15. The fourth-order valence-electron chi connectivity index (χ4n) is 3.86. The molecule has 162 valence electrons. The Balaban J connectivity index is 1.44. The third-order valence-corrected chi connectivity index (χ3v) is 5.80. The Morgan fingerprint density at radius 1 is 1.20 bits per heavy atom. The number of hydrogen-bond acceptors (Lipinski definition) is 4. The first-order valence-corrected chi connectivity index (χ1v) is 10.6. The summed E-state index contributed by atoms with van der Waals surface area (Å²) in [6.45, 7) is 6.26. The number of amides is 2. The molecule has 1 N–H and O–H groups in total. The van der Waals surface area contributed by atoms with Crippen molar-refractivity contribution in [3.05, 3.63) is 54.6 Å². The lowest BCUT2D eigenvalue weighted by Gasteiger charge is -2.42. The third kappa shape index (κ3) is 5.27. The summed E-state index contributed by atoms with van der Waals surface area (Å²) in [5.74, 6) is 0.190. The van der Waals surface area contributed by atoms with E-state index in [2.05, 4.69) is 10.3 Å². The quantitative estimate of drug-likeness (QED) is 0.687. The topological polar surface area (TPSA) is 76.5 Å². The van der Waals surface area contributed by atoms with Gasteiger partial charge < -0.3 is 19.5 Å². The smallest absolute Gasteiger partial charge is 0.251 e. The van der Waals surface area contributed by atoms with Crippen LogP contribution in [-0.4, -0.2) is 51.5 Å². The molecule has 7 nitrogen and oxygen atoms in total. The maximum atomic E-state index is 12.8. The normalized spacial score (nSPS) is 20.3. The van der Waals surface area contributed by atoms with Gasteiger partial charge in [-0.2, -0.15) is 0 Å². The number of hydrogen-bond donors (Lipinski definition) is 1. The largest absolute Gasteiger partial charge is 0.364 e. The first kappa shape index (κ1) is 22.0. The Morgan fingerprint density at radius 2 is 1.83 bits per heavy atom. The van der Waals surface area contributed by atoms with Crippen LogP contribution in [0.4, 0.5) is 0 Å². The molecule has 3 rings (SSSR count). The Morgan fingerprint density at radius 3 is 2.43 bits per heavy atom. The molecule has 1 aliphatic rings. The summed E-state index contributed by atoms with van der Waals surface area (Å²) in [6.07, 6.45) is 8.28. The van der Waals surface area contributed by atoms with Crippen LogP contribution in [-0.2, 0) is 20.9 Å². The molecule has 0 spiro atoms. The predicted molar refractivity (Wildman–Crippen MR) is 115 cm³/mol. The van der Waals surface area contributed by atoms with Crippen LogP contribution in [0.15, 0.2) is 49.1 Å². The molecule has 2 aromatic rings. The van der Waals surface area contributed by atoms with E-state index in [1.165, 1.54) is 0 Å². The van der Waals surface area contributed by atoms with Gasteiger partial charge in [-0.3, -0.25) is 14.6 Å². The van der Waals surface area contributed by atoms with E-state index < -0.39 is 6.10 Å². The van der Waals surface area contributed by atoms with Crippen LogP contribution < -0.4 is 5.32 Å². The number of carbonyl (C=O) groups excluding carboxylic acids is 2. The maximum absolute atomic E-state index is 12.8. The summed E-state index contributed by atoms with van der Waals surface area (Å²) >= 11 is 0. The number of ether oxygens (including phenoxy) is 1. The highest BCUT2D eigenvalue weighted by Crippen LogP contribution is 2.27. The van der Waals surface area contributed by atoms with Crippen molar-refractivity contribution >= 4 is 11.8 Å². The number of aromatic nitrogens is 2. The van der Waals surface area contributed by atoms with E-state index in [9.17, 15) is 9.59 Å². The Kier molecular flexibility index (Phi) is 7.26. The lowest BCUT2D eigenvalue weighted by molar-refractivity contribution is -0.146. The molecule has 0 radical (unpaired) electrons. The molecule has 30 heavy (non-hydrogen) atoms. The minimum absolute atomic E-state index is 0.0349. The number of rotatable bonds is 9. The maximum Gasteiger partial charge on any atom is 0.251 e. The summed E-state index contributed by atoms with van der Waals surface area (Å²) < 4.78 is 7.68. The second kappa shape index (κ2) is 9.89. The van der Waals surface area contributed by atoms with Crippen molar-refractivity contribution < 1.29 is 14.3 Å². The lowest BCUT2D eigenvalue weighted by Crippen LogP contribution is -2.56. The van der Waals surface area contributed by atoms with Crippen LogP contribution in [0.1, 0.15) is 45.2 Å². The molecule has 0 bridgehead atoms. The summed E-state index contributed by atoms with van der Waals surface area (Å²) in [7, 11) is 1.81. The molecule has 1 aliphatic carbocycles. The highest BCUT2D eigenvalue weighted by atomic mass is 16.5. The second-order valence-corrected chi connectivity index (χ2v) is 8.41. The van der Waals surface area contributed by atoms with E-state index in [0.29, 0.717) is 6.61 Å². The number of nitrogens with zero attached hydrogens (tertiary/aromatic N) is 3. The molecule has 2 heterocycles. The SMILES string of the molecule is CC(OCc1ccncc1)C(=O)N(C)C1CC(NC(=O)C(C(C)C)n2cccc2)C1. The van der Waals surface area contributed by atoms with E-state index in [1.54, 1.807) is 24.2 Å². The number of likely N-dealkylation sites (N-methyl/N-ethyl adjacent to an activating group) is 1. The van der Waals surface area contributed by atoms with Gasteiger partial charge in [0.05, 0.1) is 6.61 Å². The van der Waals surface area contributed by atoms with Crippen LogP contribution in [0.3, 0.4) is 0 Å². The average Bonchev–Trinajstić information content (AvgIpc) is 3.22. The molecule has 2 atom stereocenters. The van der Waals surface area contributed by atoms with Crippen LogP contribution >= 0.6 is 0 Å². The van der Waals surface area contributed by atoms with Crippen molar-refractivity contribution in [1.82, 2.24) is 19.8 Å². The number of nitrogens with one attached hydrogen (secondary N) is 1. The fraction of sp³-hybridized carbons (Fsp3) is 0.522. The van der Waals surface area contributed by atoms with E-state index in [4.69, 9.17) is 4.74 Å². The van der Waals surface area contributed by atoms with Crippen LogP contribution in [0.2, 0.25) is 0 Å². The highest BCUT2D eigenvalue weighted by molar-refractivity contribution is 5.82. The number of pyridine rings is 1. The Labute approximate surface area is 178 Å². The van der Waals surface area contributed by atoms with Crippen molar-refractivity contribution in [2.45, 2.75) is 64.4 Å². The van der Waals surface area contributed by atoms with Gasteiger partial charge in [0, 0.05) is 43.9 Å². The summed E-state index contributed by atoms with van der Waals surface area (Å²) in [6, 6.07) is 7.61. The average molecular weight is 413 g/mol. The van der Waals surface area contributed by atoms with Gasteiger partial charge in [-0.15, -0.1) is 0 Å². The standard InChI is InChI=1S/C23H32N4O3/c1-16(2)21(27-11-5-6-12-27)22(28)25-19-13-20(14-19)26(4)23(29)17(3)30-15-18-7-9-24-10-8-18/h5-12,16-17,19-21H,13-15H2,1-4H3,(H,25,28). The predicted octanol–water partition coefficient (Wildman–Crippen LogP) is 2.79.